The van der Waals surface area contributed by atoms with Gasteiger partial charge in [0.1, 0.15) is 0 Å². The SMILES string of the molecule is CCOC(C)(C)CNC(=O)c1cc(C#CCN)ccc1C. The number of aryl methyl sites for hydroxylation is 1. The molecule has 0 heterocycles. The lowest BCUT2D eigenvalue weighted by molar-refractivity contribution is -0.00815. The Balaban J connectivity index is 2.82. The molecule has 1 aromatic rings. The van der Waals surface area contributed by atoms with Crippen LogP contribution in [0.1, 0.15) is 42.3 Å². The van der Waals surface area contributed by atoms with Crippen molar-refractivity contribution in [2.24, 2.45) is 5.73 Å². The third kappa shape index (κ3) is 5.58. The fourth-order valence-corrected chi connectivity index (χ4v) is 1.93. The van der Waals surface area contributed by atoms with Crippen molar-refractivity contribution in [2.75, 3.05) is 19.7 Å². The lowest BCUT2D eigenvalue weighted by Gasteiger charge is -2.25. The van der Waals surface area contributed by atoms with Crippen LogP contribution >= 0.6 is 0 Å². The van der Waals surface area contributed by atoms with E-state index in [1.807, 2.05) is 39.8 Å². The Morgan fingerprint density at radius 2 is 2.14 bits per heavy atom. The number of carbonyl (C=O) groups excluding carboxylic acids is 1. The van der Waals surface area contributed by atoms with E-state index in [0.717, 1.165) is 11.1 Å². The highest BCUT2D eigenvalue weighted by atomic mass is 16.5. The van der Waals surface area contributed by atoms with Crippen LogP contribution in [-0.2, 0) is 4.74 Å². The Morgan fingerprint density at radius 3 is 2.76 bits per heavy atom. The number of hydrogen-bond donors (Lipinski definition) is 2. The van der Waals surface area contributed by atoms with E-state index in [1.165, 1.54) is 0 Å². The highest BCUT2D eigenvalue weighted by Gasteiger charge is 2.19. The minimum Gasteiger partial charge on any atom is -0.374 e. The molecule has 0 saturated heterocycles. The smallest absolute Gasteiger partial charge is 0.251 e. The molecule has 0 aliphatic rings. The summed E-state index contributed by atoms with van der Waals surface area (Å²) in [6.45, 7) is 9.12. The average Bonchev–Trinajstić information content (AvgIpc) is 2.44. The van der Waals surface area contributed by atoms with Crippen molar-refractivity contribution in [3.63, 3.8) is 0 Å². The van der Waals surface area contributed by atoms with Crippen molar-refractivity contribution >= 4 is 5.91 Å². The van der Waals surface area contributed by atoms with Crippen molar-refractivity contribution in [3.8, 4) is 11.8 Å². The maximum atomic E-state index is 12.3. The fraction of sp³-hybridized carbons (Fsp3) is 0.471. The molecule has 4 heteroatoms. The molecular formula is C17H24N2O2. The van der Waals surface area contributed by atoms with Gasteiger partial charge in [0, 0.05) is 24.3 Å². The summed E-state index contributed by atoms with van der Waals surface area (Å²) < 4.78 is 5.57. The van der Waals surface area contributed by atoms with Crippen LogP contribution in [-0.4, -0.2) is 31.2 Å². The van der Waals surface area contributed by atoms with Crippen molar-refractivity contribution in [1.82, 2.24) is 5.32 Å². The fourth-order valence-electron chi connectivity index (χ4n) is 1.93. The molecule has 0 bridgehead atoms. The number of benzene rings is 1. The van der Waals surface area contributed by atoms with Gasteiger partial charge < -0.3 is 15.8 Å². The Morgan fingerprint density at radius 1 is 1.43 bits per heavy atom. The van der Waals surface area contributed by atoms with Gasteiger partial charge in [0.2, 0.25) is 0 Å². The second-order valence-electron chi connectivity index (χ2n) is 5.41. The van der Waals surface area contributed by atoms with Crippen LogP contribution < -0.4 is 11.1 Å². The monoisotopic (exact) mass is 288 g/mol. The summed E-state index contributed by atoms with van der Waals surface area (Å²) in [5.74, 6) is 5.61. The van der Waals surface area contributed by atoms with Gasteiger partial charge in [0.25, 0.3) is 5.91 Å². The normalized spacial score (nSPS) is 10.7. The van der Waals surface area contributed by atoms with E-state index in [4.69, 9.17) is 10.5 Å². The van der Waals surface area contributed by atoms with Gasteiger partial charge in [-0.3, -0.25) is 4.79 Å². The van der Waals surface area contributed by atoms with Gasteiger partial charge in [-0.05, 0) is 45.4 Å². The van der Waals surface area contributed by atoms with E-state index in [2.05, 4.69) is 17.2 Å². The van der Waals surface area contributed by atoms with E-state index in [1.54, 1.807) is 6.07 Å². The molecule has 3 N–H and O–H groups in total. The molecular weight excluding hydrogens is 264 g/mol. The zero-order valence-electron chi connectivity index (χ0n) is 13.2. The van der Waals surface area contributed by atoms with Gasteiger partial charge >= 0.3 is 0 Å². The number of nitrogens with one attached hydrogen (secondary N) is 1. The van der Waals surface area contributed by atoms with Crippen molar-refractivity contribution in [3.05, 3.63) is 34.9 Å². The first-order chi connectivity index (χ1) is 9.89. The summed E-state index contributed by atoms with van der Waals surface area (Å²) in [4.78, 5) is 12.3. The molecule has 1 rings (SSSR count). The molecule has 114 valence electrons. The molecule has 0 spiro atoms. The van der Waals surface area contributed by atoms with Crippen molar-refractivity contribution < 1.29 is 9.53 Å². The summed E-state index contributed by atoms with van der Waals surface area (Å²) in [6, 6.07) is 5.57. The number of amides is 1. The van der Waals surface area contributed by atoms with Crippen molar-refractivity contribution in [1.29, 1.82) is 0 Å². The largest absolute Gasteiger partial charge is 0.374 e. The summed E-state index contributed by atoms with van der Waals surface area (Å²) in [5, 5.41) is 2.91. The predicted octanol–water partition coefficient (Wildman–Crippen LogP) is 1.85. The number of rotatable bonds is 5. The van der Waals surface area contributed by atoms with Crippen LogP contribution in [0.25, 0.3) is 0 Å². The Hall–Kier alpha value is -1.83. The topological polar surface area (TPSA) is 64.3 Å². The minimum absolute atomic E-state index is 0.114. The Labute approximate surface area is 127 Å². The molecule has 1 amide bonds. The van der Waals surface area contributed by atoms with E-state index >= 15 is 0 Å². The summed E-state index contributed by atoms with van der Waals surface area (Å²) in [6.07, 6.45) is 0. The molecule has 0 fully saturated rings. The molecule has 0 radical (unpaired) electrons. The van der Waals surface area contributed by atoms with Crippen LogP contribution in [0.4, 0.5) is 0 Å². The van der Waals surface area contributed by atoms with Gasteiger partial charge in [-0.1, -0.05) is 17.9 Å². The number of ether oxygens (including phenoxy) is 1. The average molecular weight is 288 g/mol. The molecule has 0 aromatic heterocycles. The second kappa shape index (κ2) is 7.82. The van der Waals surface area contributed by atoms with E-state index in [0.29, 0.717) is 25.3 Å². The van der Waals surface area contributed by atoms with Gasteiger partial charge in [0.05, 0.1) is 12.1 Å². The molecule has 0 unspecified atom stereocenters. The lowest BCUT2D eigenvalue weighted by atomic mass is 10.0. The minimum atomic E-state index is -0.380. The number of carbonyl (C=O) groups is 1. The maximum absolute atomic E-state index is 12.3. The summed E-state index contributed by atoms with van der Waals surface area (Å²) in [5.41, 5.74) is 7.32. The van der Waals surface area contributed by atoms with Crippen LogP contribution in [0.2, 0.25) is 0 Å². The highest BCUT2D eigenvalue weighted by Crippen LogP contribution is 2.12. The predicted molar refractivity (Wildman–Crippen MR) is 85.1 cm³/mol. The Kier molecular flexibility index (Phi) is 6.41. The number of hydrogen-bond acceptors (Lipinski definition) is 3. The van der Waals surface area contributed by atoms with E-state index in [-0.39, 0.29) is 11.5 Å². The first kappa shape index (κ1) is 17.2. The van der Waals surface area contributed by atoms with Gasteiger partial charge in [-0.25, -0.2) is 0 Å². The molecule has 1 aromatic carbocycles. The second-order valence-corrected chi connectivity index (χ2v) is 5.41. The zero-order valence-corrected chi connectivity index (χ0v) is 13.2. The molecule has 21 heavy (non-hydrogen) atoms. The number of nitrogens with two attached hydrogens (primary N) is 1. The lowest BCUT2D eigenvalue weighted by Crippen LogP contribution is -2.40. The third-order valence-electron chi connectivity index (χ3n) is 3.03. The highest BCUT2D eigenvalue weighted by molar-refractivity contribution is 5.96. The maximum Gasteiger partial charge on any atom is 0.251 e. The van der Waals surface area contributed by atoms with Gasteiger partial charge in [-0.2, -0.15) is 0 Å². The summed E-state index contributed by atoms with van der Waals surface area (Å²) in [7, 11) is 0. The van der Waals surface area contributed by atoms with Crippen LogP contribution in [0, 0.1) is 18.8 Å². The van der Waals surface area contributed by atoms with E-state index in [9.17, 15) is 4.79 Å². The zero-order chi connectivity index (χ0) is 15.9. The van der Waals surface area contributed by atoms with Gasteiger partial charge in [0.15, 0.2) is 0 Å². The molecule has 0 saturated carbocycles. The first-order valence-electron chi connectivity index (χ1n) is 7.11. The van der Waals surface area contributed by atoms with E-state index < -0.39 is 0 Å². The van der Waals surface area contributed by atoms with Crippen LogP contribution in [0.15, 0.2) is 18.2 Å². The quantitative estimate of drug-likeness (QED) is 0.813. The Bertz CT molecular complexity index is 554. The molecule has 0 aliphatic heterocycles. The third-order valence-corrected chi connectivity index (χ3v) is 3.03. The molecule has 0 atom stereocenters. The standard InChI is InChI=1S/C17H24N2O2/c1-5-21-17(3,4)12-19-16(20)15-11-14(7-6-10-18)9-8-13(15)2/h8-9,11H,5,10,12,18H2,1-4H3,(H,19,20). The van der Waals surface area contributed by atoms with Crippen LogP contribution in [0.3, 0.4) is 0 Å². The molecule has 4 nitrogen and oxygen atoms in total. The van der Waals surface area contributed by atoms with Gasteiger partial charge in [-0.15, -0.1) is 0 Å². The summed E-state index contributed by atoms with van der Waals surface area (Å²) >= 11 is 0. The first-order valence-corrected chi connectivity index (χ1v) is 7.11. The molecule has 0 aliphatic carbocycles. The van der Waals surface area contributed by atoms with Crippen molar-refractivity contribution in [2.45, 2.75) is 33.3 Å². The van der Waals surface area contributed by atoms with Crippen LogP contribution in [0.5, 0.6) is 0 Å².